The van der Waals surface area contributed by atoms with Crippen molar-refractivity contribution in [1.29, 1.82) is 0 Å². The van der Waals surface area contributed by atoms with E-state index in [1.165, 1.54) is 27.5 Å². The van der Waals surface area contributed by atoms with Crippen molar-refractivity contribution in [2.45, 2.75) is 13.8 Å². The average Bonchev–Trinajstić information content (AvgIpc) is 2.61. The van der Waals surface area contributed by atoms with Crippen LogP contribution in [0.15, 0.2) is 72.9 Å². The van der Waals surface area contributed by atoms with Crippen LogP contribution in [0.25, 0.3) is 16.3 Å². The Hall–Kier alpha value is -2.74. The maximum atomic E-state index is 6.16. The highest BCUT2D eigenvalue weighted by Gasteiger charge is 2.22. The zero-order valence-corrected chi connectivity index (χ0v) is 14.1. The van der Waals surface area contributed by atoms with Crippen molar-refractivity contribution in [2.75, 3.05) is 6.54 Å². The predicted molar refractivity (Wildman–Crippen MR) is 99.6 cm³/mol. The predicted octanol–water partition coefficient (Wildman–Crippen LogP) is 5.49. The Labute approximate surface area is 142 Å². The van der Waals surface area contributed by atoms with E-state index in [2.05, 4.69) is 86.8 Å². The van der Waals surface area contributed by atoms with Gasteiger partial charge in [-0.1, -0.05) is 74.5 Å². The van der Waals surface area contributed by atoms with Crippen molar-refractivity contribution in [3.63, 3.8) is 0 Å². The highest BCUT2D eigenvalue weighted by molar-refractivity contribution is 6.00. The molecule has 0 saturated heterocycles. The van der Waals surface area contributed by atoms with Crippen molar-refractivity contribution in [3.05, 3.63) is 84.1 Å². The van der Waals surface area contributed by atoms with Gasteiger partial charge in [-0.2, -0.15) is 0 Å². The average molecular weight is 315 g/mol. The van der Waals surface area contributed by atoms with Crippen LogP contribution >= 0.6 is 0 Å². The van der Waals surface area contributed by atoms with Crippen LogP contribution in [0.3, 0.4) is 0 Å². The van der Waals surface area contributed by atoms with Crippen LogP contribution in [0.5, 0.6) is 5.75 Å². The van der Waals surface area contributed by atoms with E-state index in [1.807, 2.05) is 5.06 Å². The summed E-state index contributed by atoms with van der Waals surface area (Å²) in [5.41, 5.74) is 3.61. The monoisotopic (exact) mass is 315 g/mol. The first-order chi connectivity index (χ1) is 11.7. The first-order valence-electron chi connectivity index (χ1n) is 8.46. The molecular formula is C22H21NO. The van der Waals surface area contributed by atoms with Gasteiger partial charge in [-0.3, -0.25) is 0 Å². The number of hydroxylamine groups is 2. The van der Waals surface area contributed by atoms with E-state index >= 15 is 0 Å². The number of fused-ring (bicyclic) bond motifs is 3. The fourth-order valence-corrected chi connectivity index (χ4v) is 3.25. The molecule has 1 aliphatic rings. The maximum absolute atomic E-state index is 6.16. The Morgan fingerprint density at radius 1 is 0.875 bits per heavy atom. The molecule has 0 amide bonds. The van der Waals surface area contributed by atoms with Crippen LogP contribution in [0.4, 0.5) is 0 Å². The molecule has 0 atom stereocenters. The lowest BCUT2D eigenvalue weighted by molar-refractivity contribution is -0.0196. The summed E-state index contributed by atoms with van der Waals surface area (Å²) < 4.78 is 0. The summed E-state index contributed by atoms with van der Waals surface area (Å²) >= 11 is 0. The minimum Gasteiger partial charge on any atom is -0.379 e. The van der Waals surface area contributed by atoms with Gasteiger partial charge in [0, 0.05) is 17.3 Å². The molecular weight excluding hydrogens is 294 g/mol. The van der Waals surface area contributed by atoms with Gasteiger partial charge in [-0.05, 0) is 28.3 Å². The molecule has 0 N–H and O–H groups in total. The van der Waals surface area contributed by atoms with E-state index in [0.717, 1.165) is 12.3 Å². The fraction of sp³-hybridized carbons (Fsp3) is 0.182. The van der Waals surface area contributed by atoms with Crippen molar-refractivity contribution in [1.82, 2.24) is 5.06 Å². The van der Waals surface area contributed by atoms with E-state index in [-0.39, 0.29) is 0 Å². The van der Waals surface area contributed by atoms with Gasteiger partial charge >= 0.3 is 0 Å². The van der Waals surface area contributed by atoms with Crippen molar-refractivity contribution < 1.29 is 4.84 Å². The highest BCUT2D eigenvalue weighted by atomic mass is 16.7. The van der Waals surface area contributed by atoms with E-state index in [1.54, 1.807) is 0 Å². The molecule has 3 aromatic rings. The summed E-state index contributed by atoms with van der Waals surface area (Å²) in [5.74, 6) is 1.45. The molecule has 120 valence electrons. The first-order valence-corrected chi connectivity index (χ1v) is 8.46. The second kappa shape index (κ2) is 6.04. The minimum absolute atomic E-state index is 0.528. The second-order valence-electron chi connectivity index (χ2n) is 6.65. The number of hydrogen-bond acceptors (Lipinski definition) is 2. The lowest BCUT2D eigenvalue weighted by Crippen LogP contribution is -2.29. The molecule has 24 heavy (non-hydrogen) atoms. The molecule has 2 nitrogen and oxygen atoms in total. The normalized spacial score (nSPS) is 13.6. The summed E-state index contributed by atoms with van der Waals surface area (Å²) in [4.78, 5) is 6.16. The van der Waals surface area contributed by atoms with Crippen LogP contribution in [0.1, 0.15) is 25.0 Å². The molecule has 3 aromatic carbocycles. The summed E-state index contributed by atoms with van der Waals surface area (Å²) in [6.07, 6.45) is 2.14. The van der Waals surface area contributed by atoms with Gasteiger partial charge in [0.1, 0.15) is 0 Å². The summed E-state index contributed by atoms with van der Waals surface area (Å²) in [6.45, 7) is 5.27. The van der Waals surface area contributed by atoms with Crippen LogP contribution in [-0.4, -0.2) is 11.6 Å². The van der Waals surface area contributed by atoms with Crippen molar-refractivity contribution in [2.24, 2.45) is 5.92 Å². The standard InChI is InChI=1S/C22H21NO/c1-16(2)14-23-15-20(17-8-4-3-5-9-17)22-19-11-7-6-10-18(19)12-13-21(22)24-23/h3-13,15-16H,14H2,1-2H3. The Kier molecular flexibility index (Phi) is 3.73. The molecule has 0 saturated carbocycles. The van der Waals surface area contributed by atoms with Gasteiger partial charge in [0.15, 0.2) is 5.75 Å². The molecule has 1 aliphatic heterocycles. The largest absolute Gasteiger partial charge is 0.379 e. The molecule has 2 heteroatoms. The van der Waals surface area contributed by atoms with Crippen LogP contribution < -0.4 is 4.84 Å². The highest BCUT2D eigenvalue weighted by Crippen LogP contribution is 2.40. The summed E-state index contributed by atoms with van der Waals surface area (Å²) in [7, 11) is 0. The van der Waals surface area contributed by atoms with Gasteiger partial charge in [-0.15, -0.1) is 0 Å². The Balaban J connectivity index is 1.93. The third-order valence-corrected chi connectivity index (χ3v) is 4.28. The van der Waals surface area contributed by atoms with Crippen molar-refractivity contribution in [3.8, 4) is 5.75 Å². The molecule has 4 rings (SSSR count). The van der Waals surface area contributed by atoms with Gasteiger partial charge in [0.2, 0.25) is 0 Å². The Bertz CT molecular complexity index is 896. The number of benzene rings is 3. The van der Waals surface area contributed by atoms with Crippen LogP contribution in [0, 0.1) is 5.92 Å². The molecule has 0 radical (unpaired) electrons. The van der Waals surface area contributed by atoms with E-state index in [4.69, 9.17) is 4.84 Å². The van der Waals surface area contributed by atoms with Gasteiger partial charge in [-0.25, -0.2) is 5.06 Å². The fourth-order valence-electron chi connectivity index (χ4n) is 3.25. The number of nitrogens with zero attached hydrogens (tertiary/aromatic N) is 1. The maximum Gasteiger partial charge on any atom is 0.163 e. The molecule has 0 aromatic heterocycles. The molecule has 0 unspecified atom stereocenters. The lowest BCUT2D eigenvalue weighted by atomic mass is 9.92. The zero-order chi connectivity index (χ0) is 16.5. The third-order valence-electron chi connectivity index (χ3n) is 4.28. The van der Waals surface area contributed by atoms with Gasteiger partial charge < -0.3 is 4.84 Å². The number of rotatable bonds is 3. The Morgan fingerprint density at radius 2 is 1.62 bits per heavy atom. The smallest absolute Gasteiger partial charge is 0.163 e. The SMILES string of the molecule is CC(C)CN1C=C(c2ccccc2)c2c(ccc3ccccc23)O1. The molecule has 0 spiro atoms. The minimum atomic E-state index is 0.528. The quantitative estimate of drug-likeness (QED) is 0.633. The lowest BCUT2D eigenvalue weighted by Gasteiger charge is -2.30. The number of hydrogen-bond donors (Lipinski definition) is 0. The van der Waals surface area contributed by atoms with Gasteiger partial charge in [0.25, 0.3) is 0 Å². The third kappa shape index (κ3) is 2.65. The molecule has 0 aliphatic carbocycles. The van der Waals surface area contributed by atoms with Crippen LogP contribution in [-0.2, 0) is 0 Å². The first kappa shape index (κ1) is 14.8. The summed E-state index contributed by atoms with van der Waals surface area (Å²) in [6, 6.07) is 23.3. The van der Waals surface area contributed by atoms with Crippen LogP contribution in [0.2, 0.25) is 0 Å². The van der Waals surface area contributed by atoms with Crippen molar-refractivity contribution >= 4 is 16.3 Å². The Morgan fingerprint density at radius 3 is 2.42 bits per heavy atom. The molecule has 0 fully saturated rings. The molecule has 1 heterocycles. The van der Waals surface area contributed by atoms with E-state index < -0.39 is 0 Å². The topological polar surface area (TPSA) is 12.5 Å². The summed E-state index contributed by atoms with van der Waals surface area (Å²) in [5, 5.41) is 4.43. The van der Waals surface area contributed by atoms with E-state index in [9.17, 15) is 0 Å². The second-order valence-corrected chi connectivity index (χ2v) is 6.65. The van der Waals surface area contributed by atoms with E-state index in [0.29, 0.717) is 5.92 Å². The van der Waals surface area contributed by atoms with Gasteiger partial charge in [0.05, 0.1) is 6.54 Å². The molecule has 0 bridgehead atoms. The zero-order valence-electron chi connectivity index (χ0n) is 14.1.